The van der Waals surface area contributed by atoms with Gasteiger partial charge in [0.1, 0.15) is 11.2 Å². The van der Waals surface area contributed by atoms with Gasteiger partial charge in [0.15, 0.2) is 0 Å². The fourth-order valence-corrected chi connectivity index (χ4v) is 2.30. The number of hydrogen-bond acceptors (Lipinski definition) is 2. The number of nitrogens with two attached hydrogens (primary N) is 1. The third kappa shape index (κ3) is 3.06. The summed E-state index contributed by atoms with van der Waals surface area (Å²) < 4.78 is 5.96. The zero-order valence-electron chi connectivity index (χ0n) is 12.0. The van der Waals surface area contributed by atoms with E-state index in [-0.39, 0.29) is 0 Å². The van der Waals surface area contributed by atoms with E-state index in [4.69, 9.17) is 10.2 Å². The summed E-state index contributed by atoms with van der Waals surface area (Å²) in [6.45, 7) is 6.00. The zero-order chi connectivity index (χ0) is 15.1. The van der Waals surface area contributed by atoms with Crippen molar-refractivity contribution in [2.75, 3.05) is 0 Å². The number of hydrogen-bond donors (Lipinski definition) is 1. The van der Waals surface area contributed by atoms with Gasteiger partial charge in [-0.3, -0.25) is 0 Å². The SMILES string of the molecule is C=C.N/C=C\C=C/Cc1cccc2c1oc1ccccc12. The predicted octanol–water partition coefficient (Wildman–Crippen LogP) is 4.96. The fourth-order valence-electron chi connectivity index (χ4n) is 2.30. The maximum atomic E-state index is 5.96. The van der Waals surface area contributed by atoms with Crippen LogP contribution in [-0.4, -0.2) is 0 Å². The molecule has 3 rings (SSSR count). The molecular weight excluding hydrogens is 258 g/mol. The Balaban J connectivity index is 0.000000774. The lowest BCUT2D eigenvalue weighted by atomic mass is 10.1. The first kappa shape index (κ1) is 14.7. The molecule has 0 aliphatic carbocycles. The molecule has 21 heavy (non-hydrogen) atoms. The van der Waals surface area contributed by atoms with Crippen LogP contribution in [0.15, 0.2) is 84.5 Å². The van der Waals surface area contributed by atoms with E-state index in [2.05, 4.69) is 43.5 Å². The molecule has 1 heterocycles. The summed E-state index contributed by atoms with van der Waals surface area (Å²) >= 11 is 0. The van der Waals surface area contributed by atoms with Gasteiger partial charge in [0.2, 0.25) is 0 Å². The highest BCUT2D eigenvalue weighted by Crippen LogP contribution is 2.30. The van der Waals surface area contributed by atoms with Crippen LogP contribution in [0.5, 0.6) is 0 Å². The molecule has 0 aliphatic heterocycles. The van der Waals surface area contributed by atoms with Crippen molar-refractivity contribution in [2.24, 2.45) is 5.73 Å². The molecule has 0 saturated carbocycles. The number of furan rings is 1. The summed E-state index contributed by atoms with van der Waals surface area (Å²) in [7, 11) is 0. The second kappa shape index (κ2) is 7.15. The number of rotatable bonds is 3. The molecule has 2 N–H and O–H groups in total. The Morgan fingerprint density at radius 1 is 0.952 bits per heavy atom. The van der Waals surface area contributed by atoms with E-state index in [1.54, 1.807) is 0 Å². The Bertz CT molecular complexity index is 780. The molecule has 0 unspecified atom stereocenters. The average Bonchev–Trinajstić information content (AvgIpc) is 2.93. The van der Waals surface area contributed by atoms with Gasteiger partial charge < -0.3 is 10.2 Å². The first-order valence-electron chi connectivity index (χ1n) is 6.82. The third-order valence-corrected chi connectivity index (χ3v) is 3.18. The van der Waals surface area contributed by atoms with Gasteiger partial charge in [-0.2, -0.15) is 0 Å². The molecule has 0 aliphatic rings. The van der Waals surface area contributed by atoms with Gasteiger partial charge in [0.25, 0.3) is 0 Å². The van der Waals surface area contributed by atoms with Crippen molar-refractivity contribution < 1.29 is 4.42 Å². The second-order valence-electron chi connectivity index (χ2n) is 4.41. The van der Waals surface area contributed by atoms with Gasteiger partial charge in [0.05, 0.1) is 0 Å². The number of fused-ring (bicyclic) bond motifs is 3. The van der Waals surface area contributed by atoms with Gasteiger partial charge in [0, 0.05) is 10.8 Å². The van der Waals surface area contributed by atoms with Crippen LogP contribution in [0.2, 0.25) is 0 Å². The summed E-state index contributed by atoms with van der Waals surface area (Å²) in [6.07, 6.45) is 8.20. The molecule has 0 saturated heterocycles. The molecule has 3 aromatic rings. The Morgan fingerprint density at radius 2 is 1.71 bits per heavy atom. The van der Waals surface area contributed by atoms with Crippen molar-refractivity contribution in [3.05, 3.63) is 85.6 Å². The van der Waals surface area contributed by atoms with Gasteiger partial charge in [-0.25, -0.2) is 0 Å². The van der Waals surface area contributed by atoms with Crippen molar-refractivity contribution in [2.45, 2.75) is 6.42 Å². The smallest absolute Gasteiger partial charge is 0.138 e. The highest BCUT2D eigenvalue weighted by molar-refractivity contribution is 6.05. The summed E-state index contributed by atoms with van der Waals surface area (Å²) in [5.41, 5.74) is 8.41. The molecule has 0 spiro atoms. The van der Waals surface area contributed by atoms with E-state index in [0.717, 1.165) is 17.6 Å². The number of allylic oxidation sites excluding steroid dienone is 3. The van der Waals surface area contributed by atoms with Crippen molar-refractivity contribution >= 4 is 21.9 Å². The Morgan fingerprint density at radius 3 is 2.52 bits per heavy atom. The van der Waals surface area contributed by atoms with Crippen LogP contribution >= 0.6 is 0 Å². The quantitative estimate of drug-likeness (QED) is 0.543. The lowest BCUT2D eigenvalue weighted by Gasteiger charge is -1.97. The van der Waals surface area contributed by atoms with E-state index in [1.807, 2.05) is 30.4 Å². The molecule has 0 radical (unpaired) electrons. The first-order chi connectivity index (χ1) is 10.4. The summed E-state index contributed by atoms with van der Waals surface area (Å²) in [5.74, 6) is 0. The molecule has 2 aromatic carbocycles. The highest BCUT2D eigenvalue weighted by Gasteiger charge is 2.08. The number of benzene rings is 2. The van der Waals surface area contributed by atoms with Crippen LogP contribution in [-0.2, 0) is 6.42 Å². The van der Waals surface area contributed by atoms with Crippen LogP contribution in [0.4, 0.5) is 0 Å². The van der Waals surface area contributed by atoms with Crippen molar-refractivity contribution in [3.8, 4) is 0 Å². The largest absolute Gasteiger partial charge is 0.456 e. The van der Waals surface area contributed by atoms with Crippen molar-refractivity contribution in [3.63, 3.8) is 0 Å². The topological polar surface area (TPSA) is 39.2 Å². The molecule has 1 aromatic heterocycles. The maximum absolute atomic E-state index is 5.96. The van der Waals surface area contributed by atoms with Gasteiger partial charge in [-0.1, -0.05) is 48.6 Å². The molecule has 2 nitrogen and oxygen atoms in total. The van der Waals surface area contributed by atoms with E-state index in [0.29, 0.717) is 0 Å². The molecule has 106 valence electrons. The van der Waals surface area contributed by atoms with Crippen molar-refractivity contribution in [1.82, 2.24) is 0 Å². The molecule has 0 atom stereocenters. The standard InChI is InChI=1S/C17H15NO.C2H4/c18-12-5-1-2-7-13-8-6-10-15-14-9-3-4-11-16(14)19-17(13)15;1-2/h1-6,8-12H,7,18H2;1-2H2/b2-1-,12-5-;. The van der Waals surface area contributed by atoms with Gasteiger partial charge >= 0.3 is 0 Å². The van der Waals surface area contributed by atoms with E-state index >= 15 is 0 Å². The summed E-state index contributed by atoms with van der Waals surface area (Å²) in [5, 5.41) is 2.35. The Labute approximate surface area is 124 Å². The average molecular weight is 277 g/mol. The molecule has 2 heteroatoms. The van der Waals surface area contributed by atoms with E-state index in [9.17, 15) is 0 Å². The Hall–Kier alpha value is -2.74. The maximum Gasteiger partial charge on any atom is 0.138 e. The lowest BCUT2D eigenvalue weighted by molar-refractivity contribution is 0.664. The summed E-state index contributed by atoms with van der Waals surface area (Å²) in [6, 6.07) is 14.4. The molecule has 0 fully saturated rings. The van der Waals surface area contributed by atoms with Gasteiger partial charge in [-0.15, -0.1) is 13.2 Å². The Kier molecular flexibility index (Phi) is 4.99. The van der Waals surface area contributed by atoms with Crippen molar-refractivity contribution in [1.29, 1.82) is 0 Å². The minimum absolute atomic E-state index is 0.835. The minimum Gasteiger partial charge on any atom is -0.456 e. The predicted molar refractivity (Wildman–Crippen MR) is 91.1 cm³/mol. The van der Waals surface area contributed by atoms with Crippen LogP contribution in [0.3, 0.4) is 0 Å². The second-order valence-corrected chi connectivity index (χ2v) is 4.41. The molecular formula is C19H19NO. The van der Waals surface area contributed by atoms with Gasteiger partial charge in [-0.05, 0) is 30.3 Å². The monoisotopic (exact) mass is 277 g/mol. The van der Waals surface area contributed by atoms with E-state index < -0.39 is 0 Å². The normalized spacial score (nSPS) is 11.2. The molecule has 0 bridgehead atoms. The summed E-state index contributed by atoms with van der Waals surface area (Å²) in [4.78, 5) is 0. The first-order valence-corrected chi connectivity index (χ1v) is 6.82. The van der Waals surface area contributed by atoms with Crippen LogP contribution in [0, 0.1) is 0 Å². The minimum atomic E-state index is 0.835. The van der Waals surface area contributed by atoms with E-state index in [1.165, 1.54) is 22.5 Å². The fraction of sp³-hybridized carbons (Fsp3) is 0.0526. The number of para-hydroxylation sites is 2. The van der Waals surface area contributed by atoms with Crippen LogP contribution < -0.4 is 5.73 Å². The third-order valence-electron chi connectivity index (χ3n) is 3.18. The van der Waals surface area contributed by atoms with Crippen LogP contribution in [0.25, 0.3) is 21.9 Å². The van der Waals surface area contributed by atoms with Crippen LogP contribution in [0.1, 0.15) is 5.56 Å². The molecule has 0 amide bonds. The lowest BCUT2D eigenvalue weighted by Crippen LogP contribution is -1.81. The highest BCUT2D eigenvalue weighted by atomic mass is 16.3. The zero-order valence-corrected chi connectivity index (χ0v) is 12.0.